The third-order valence-corrected chi connectivity index (χ3v) is 15.0. The third kappa shape index (κ3) is 3.94. The van der Waals surface area contributed by atoms with Crippen molar-refractivity contribution in [2.24, 2.45) is 56.7 Å². The van der Waals surface area contributed by atoms with E-state index in [1.165, 1.54) is 18.4 Å². The standard InChI is InChI=1S/C38H51BrO3/c1-23(2)27-15-18-38(33(41)42-8)20-19-36(6)28(31(27)38)13-14-30-35(5)22-25(21-24-9-11-26(39)12-10-24)32(40)34(3,4)29(35)16-17-37(30,36)7/h9-12,21,27-31H,1,13-20,22H2,2-8H3/b25-21+. The Balaban J connectivity index is 1.41. The number of Topliss-reactive ketones (excluding diaryl/α,β-unsaturated/α-hetero) is 1. The Kier molecular flexibility index (Phi) is 7.16. The molecule has 0 aromatic heterocycles. The van der Waals surface area contributed by atoms with Gasteiger partial charge in [-0.15, -0.1) is 0 Å². The van der Waals surface area contributed by atoms with Crippen LogP contribution in [0.15, 0.2) is 46.5 Å². The highest BCUT2D eigenvalue weighted by Crippen LogP contribution is 2.77. The largest absolute Gasteiger partial charge is 0.469 e. The van der Waals surface area contributed by atoms with Gasteiger partial charge in [-0.05, 0) is 140 Å². The van der Waals surface area contributed by atoms with Gasteiger partial charge >= 0.3 is 5.97 Å². The van der Waals surface area contributed by atoms with Gasteiger partial charge in [-0.25, -0.2) is 0 Å². The van der Waals surface area contributed by atoms with Crippen molar-refractivity contribution >= 4 is 33.8 Å². The monoisotopic (exact) mass is 634 g/mol. The van der Waals surface area contributed by atoms with Gasteiger partial charge in [-0.1, -0.05) is 74.8 Å². The van der Waals surface area contributed by atoms with E-state index in [1.54, 1.807) is 7.11 Å². The van der Waals surface area contributed by atoms with E-state index in [9.17, 15) is 9.59 Å². The first kappa shape index (κ1) is 30.4. The van der Waals surface area contributed by atoms with E-state index in [1.807, 2.05) is 0 Å². The van der Waals surface area contributed by atoms with Crippen molar-refractivity contribution in [3.63, 3.8) is 0 Å². The summed E-state index contributed by atoms with van der Waals surface area (Å²) in [5.41, 5.74) is 2.98. The number of fused-ring (bicyclic) bond motifs is 7. The van der Waals surface area contributed by atoms with Gasteiger partial charge in [0, 0.05) is 9.89 Å². The number of carbonyl (C=O) groups is 2. The number of allylic oxidation sites excluding steroid dienone is 2. The minimum absolute atomic E-state index is 0.0245. The fraction of sp³-hybridized carbons (Fsp3) is 0.684. The van der Waals surface area contributed by atoms with Crippen molar-refractivity contribution in [1.82, 2.24) is 0 Å². The molecule has 9 unspecified atom stereocenters. The van der Waals surface area contributed by atoms with Gasteiger partial charge in [0.25, 0.3) is 0 Å². The molecule has 5 saturated carbocycles. The molecule has 0 aliphatic heterocycles. The number of benzene rings is 1. The van der Waals surface area contributed by atoms with E-state index in [4.69, 9.17) is 4.74 Å². The van der Waals surface area contributed by atoms with Crippen LogP contribution in [0.25, 0.3) is 6.08 Å². The molecule has 6 rings (SSSR count). The Labute approximate surface area is 262 Å². The molecular weight excluding hydrogens is 584 g/mol. The van der Waals surface area contributed by atoms with Gasteiger partial charge < -0.3 is 4.74 Å². The van der Waals surface area contributed by atoms with Gasteiger partial charge in [-0.2, -0.15) is 0 Å². The van der Waals surface area contributed by atoms with Gasteiger partial charge in [0.2, 0.25) is 0 Å². The second kappa shape index (κ2) is 9.91. The Bertz CT molecular complexity index is 1340. The van der Waals surface area contributed by atoms with Crippen molar-refractivity contribution in [2.45, 2.75) is 99.3 Å². The summed E-state index contributed by atoms with van der Waals surface area (Å²) in [7, 11) is 1.59. The number of ether oxygens (including phenoxy) is 1. The van der Waals surface area contributed by atoms with Crippen molar-refractivity contribution in [2.75, 3.05) is 7.11 Å². The molecule has 0 N–H and O–H groups in total. The zero-order valence-corrected chi connectivity index (χ0v) is 28.5. The highest BCUT2D eigenvalue weighted by Gasteiger charge is 2.72. The molecule has 228 valence electrons. The van der Waals surface area contributed by atoms with Crippen molar-refractivity contribution in [3.05, 3.63) is 52.0 Å². The smallest absolute Gasteiger partial charge is 0.312 e. The average Bonchev–Trinajstić information content (AvgIpc) is 3.34. The number of halogens is 1. The highest BCUT2D eigenvalue weighted by atomic mass is 79.9. The summed E-state index contributed by atoms with van der Waals surface area (Å²) >= 11 is 3.56. The van der Waals surface area contributed by atoms with Crippen LogP contribution in [0.5, 0.6) is 0 Å². The average molecular weight is 636 g/mol. The van der Waals surface area contributed by atoms with Crippen LogP contribution in [0.1, 0.15) is 105 Å². The molecule has 1 aromatic rings. The topological polar surface area (TPSA) is 43.4 Å². The Morgan fingerprint density at radius 2 is 1.62 bits per heavy atom. The van der Waals surface area contributed by atoms with Crippen LogP contribution in [0.2, 0.25) is 0 Å². The van der Waals surface area contributed by atoms with Crippen LogP contribution in [-0.4, -0.2) is 18.9 Å². The first-order valence-corrected chi connectivity index (χ1v) is 17.2. The normalized spacial score (nSPS) is 44.9. The summed E-state index contributed by atoms with van der Waals surface area (Å²) in [5.74, 6) is 2.50. The lowest BCUT2D eigenvalue weighted by atomic mass is 9.32. The minimum Gasteiger partial charge on any atom is -0.469 e. The van der Waals surface area contributed by atoms with Gasteiger partial charge in [0.15, 0.2) is 5.78 Å². The predicted molar refractivity (Wildman–Crippen MR) is 173 cm³/mol. The van der Waals surface area contributed by atoms with Gasteiger partial charge in [-0.3, -0.25) is 9.59 Å². The maximum absolute atomic E-state index is 14.1. The maximum Gasteiger partial charge on any atom is 0.312 e. The molecule has 5 aliphatic carbocycles. The van der Waals surface area contributed by atoms with E-state index in [0.29, 0.717) is 35.4 Å². The van der Waals surface area contributed by atoms with Crippen LogP contribution in [0.3, 0.4) is 0 Å². The summed E-state index contributed by atoms with van der Waals surface area (Å²) in [6.07, 6.45) is 11.7. The lowest BCUT2D eigenvalue weighted by Gasteiger charge is -2.72. The Morgan fingerprint density at radius 3 is 2.26 bits per heavy atom. The fourth-order valence-corrected chi connectivity index (χ4v) is 12.7. The number of ketones is 1. The molecule has 5 fully saturated rings. The number of esters is 1. The van der Waals surface area contributed by atoms with E-state index >= 15 is 0 Å². The van der Waals surface area contributed by atoms with Crippen molar-refractivity contribution < 1.29 is 14.3 Å². The number of hydrogen-bond acceptors (Lipinski definition) is 3. The van der Waals surface area contributed by atoms with Gasteiger partial charge in [0.05, 0.1) is 12.5 Å². The molecule has 0 amide bonds. The molecule has 4 heteroatoms. The fourth-order valence-electron chi connectivity index (χ4n) is 12.4. The molecule has 0 bridgehead atoms. The number of hydrogen-bond donors (Lipinski definition) is 0. The molecule has 3 nitrogen and oxygen atoms in total. The summed E-state index contributed by atoms with van der Waals surface area (Å²) in [5, 5.41) is 0. The molecule has 0 spiro atoms. The molecule has 5 aliphatic rings. The highest BCUT2D eigenvalue weighted by molar-refractivity contribution is 9.10. The first-order chi connectivity index (χ1) is 19.7. The Hall–Kier alpha value is -1.68. The lowest BCUT2D eigenvalue weighted by Crippen LogP contribution is -2.67. The zero-order valence-electron chi connectivity index (χ0n) is 26.9. The molecule has 1 aromatic carbocycles. The second-order valence-electron chi connectivity index (χ2n) is 16.3. The summed E-state index contributed by atoms with van der Waals surface area (Å²) in [6.45, 7) is 18.8. The second-order valence-corrected chi connectivity index (χ2v) is 17.2. The lowest BCUT2D eigenvalue weighted by molar-refractivity contribution is -0.232. The molecule has 0 heterocycles. The SMILES string of the molecule is C=C(C)C1CCC2(C(=O)OC)CCC3(C)C(CCC4C5(C)C/C(=C\c6ccc(Br)cc6)C(=O)C(C)(C)C5CCC43C)C12. The molecular formula is C38H51BrO3. The molecule has 0 radical (unpaired) electrons. The molecule has 0 saturated heterocycles. The summed E-state index contributed by atoms with van der Waals surface area (Å²) in [6, 6.07) is 8.35. The van der Waals surface area contributed by atoms with Crippen LogP contribution in [0, 0.1) is 56.7 Å². The maximum atomic E-state index is 14.1. The van der Waals surface area contributed by atoms with Crippen LogP contribution < -0.4 is 0 Å². The predicted octanol–water partition coefficient (Wildman–Crippen LogP) is 9.84. The number of methoxy groups -OCH3 is 1. The van der Waals surface area contributed by atoms with E-state index in [2.05, 4.69) is 94.4 Å². The summed E-state index contributed by atoms with van der Waals surface area (Å²) in [4.78, 5) is 27.6. The van der Waals surface area contributed by atoms with Crippen LogP contribution >= 0.6 is 15.9 Å². The quantitative estimate of drug-likeness (QED) is 0.189. The van der Waals surface area contributed by atoms with Crippen molar-refractivity contribution in [3.8, 4) is 0 Å². The van der Waals surface area contributed by atoms with Gasteiger partial charge in [0.1, 0.15) is 0 Å². The zero-order chi connectivity index (χ0) is 30.5. The summed E-state index contributed by atoms with van der Waals surface area (Å²) < 4.78 is 6.60. The van der Waals surface area contributed by atoms with Crippen molar-refractivity contribution in [1.29, 1.82) is 0 Å². The van der Waals surface area contributed by atoms with E-state index in [0.717, 1.165) is 60.6 Å². The number of rotatable bonds is 3. The Morgan fingerprint density at radius 1 is 0.929 bits per heavy atom. The van der Waals surface area contributed by atoms with Crippen LogP contribution in [0.4, 0.5) is 0 Å². The number of carbonyl (C=O) groups excluding carboxylic acids is 2. The van der Waals surface area contributed by atoms with Crippen LogP contribution in [-0.2, 0) is 14.3 Å². The van der Waals surface area contributed by atoms with E-state index < -0.39 is 0 Å². The van der Waals surface area contributed by atoms with E-state index in [-0.39, 0.29) is 33.0 Å². The minimum atomic E-state index is -0.379. The first-order valence-electron chi connectivity index (χ1n) is 16.4. The molecule has 42 heavy (non-hydrogen) atoms. The molecule has 9 atom stereocenters. The third-order valence-electron chi connectivity index (χ3n) is 14.5.